The number of carbonyl (C=O) groups is 1. The molecule has 0 amide bonds. The van der Waals surface area contributed by atoms with Crippen molar-refractivity contribution in [2.24, 2.45) is 4.99 Å². The average Bonchev–Trinajstić information content (AvgIpc) is 3.64. The highest BCUT2D eigenvalue weighted by molar-refractivity contribution is 5.83. The van der Waals surface area contributed by atoms with E-state index in [1.54, 1.807) is 0 Å². The molecule has 8 nitrogen and oxygen atoms in total. The Kier molecular flexibility index (Phi) is 6.76. The predicted molar refractivity (Wildman–Crippen MR) is 150 cm³/mol. The summed E-state index contributed by atoms with van der Waals surface area (Å²) in [6.45, 7) is 7.26. The van der Waals surface area contributed by atoms with Gasteiger partial charge in [-0.2, -0.15) is 0 Å². The topological polar surface area (TPSA) is 103 Å². The molecule has 0 saturated heterocycles. The summed E-state index contributed by atoms with van der Waals surface area (Å²) in [5, 5.41) is 13.1. The maximum absolute atomic E-state index is 11.1. The van der Waals surface area contributed by atoms with Gasteiger partial charge >= 0.3 is 5.97 Å². The summed E-state index contributed by atoms with van der Waals surface area (Å²) in [6, 6.07) is 17.9. The first-order chi connectivity index (χ1) is 19.4. The first kappa shape index (κ1) is 25.7. The molecule has 2 aliphatic heterocycles. The number of para-hydroxylation sites is 1. The van der Waals surface area contributed by atoms with Crippen LogP contribution in [0.5, 0.6) is 17.2 Å². The standard InChI is InChI=1S/C32H30N2O6/c1-18-9-25(37-17-24-11-20(3)40-34-24)10-19(2)31(18)28-6-4-5-27-22(16-39-32(27)28)14-33-23-7-8-26-21(12-30(35)36)15-38-29(26)13-23/h4-11,13-14,21-22H,12,15-17H2,1-3H3,(H,35,36)/t21-,22?/m1/s1. The quantitative estimate of drug-likeness (QED) is 0.250. The molecule has 40 heavy (non-hydrogen) atoms. The van der Waals surface area contributed by atoms with Crippen LogP contribution < -0.4 is 14.2 Å². The van der Waals surface area contributed by atoms with Crippen LogP contribution >= 0.6 is 0 Å². The summed E-state index contributed by atoms with van der Waals surface area (Å²) >= 11 is 0. The normalized spacial score (nSPS) is 17.4. The van der Waals surface area contributed by atoms with Gasteiger partial charge in [0.25, 0.3) is 0 Å². The number of ether oxygens (including phenoxy) is 3. The third-order valence-electron chi connectivity index (χ3n) is 7.39. The Bertz CT molecular complexity index is 1600. The van der Waals surface area contributed by atoms with E-state index in [1.165, 1.54) is 0 Å². The Hall–Kier alpha value is -4.59. The highest BCUT2D eigenvalue weighted by Gasteiger charge is 2.28. The predicted octanol–water partition coefficient (Wildman–Crippen LogP) is 6.68. The molecule has 2 aliphatic rings. The number of carboxylic acid groups (broad SMARTS) is 1. The molecule has 0 fully saturated rings. The molecular formula is C32H30N2O6. The van der Waals surface area contributed by atoms with E-state index in [0.29, 0.717) is 25.6 Å². The van der Waals surface area contributed by atoms with Gasteiger partial charge in [0, 0.05) is 41.0 Å². The Balaban J connectivity index is 1.21. The molecule has 204 valence electrons. The zero-order valence-corrected chi connectivity index (χ0v) is 22.6. The second-order valence-electron chi connectivity index (χ2n) is 10.4. The lowest BCUT2D eigenvalue weighted by Crippen LogP contribution is -2.07. The van der Waals surface area contributed by atoms with Gasteiger partial charge in [-0.05, 0) is 55.7 Å². The molecule has 0 aliphatic carbocycles. The SMILES string of the molecule is Cc1cc(COc2cc(C)c(-c3cccc4c3OCC4C=Nc3ccc4c(c3)OC[C@H]4CC(=O)O)c(C)c2)no1. The molecule has 0 radical (unpaired) electrons. The number of fused-ring (bicyclic) bond motifs is 2. The Morgan fingerprint density at radius 3 is 2.62 bits per heavy atom. The maximum atomic E-state index is 11.1. The summed E-state index contributed by atoms with van der Waals surface area (Å²) < 4.78 is 23.1. The van der Waals surface area contributed by atoms with Gasteiger partial charge in [-0.25, -0.2) is 0 Å². The van der Waals surface area contributed by atoms with Crippen LogP contribution in [0.25, 0.3) is 11.1 Å². The molecule has 6 rings (SSSR count). The smallest absolute Gasteiger partial charge is 0.304 e. The number of aliphatic imine (C=N–C) groups is 1. The first-order valence-corrected chi connectivity index (χ1v) is 13.3. The number of aromatic nitrogens is 1. The second kappa shape index (κ2) is 10.5. The van der Waals surface area contributed by atoms with Gasteiger partial charge in [0.05, 0.1) is 24.6 Å². The third-order valence-corrected chi connectivity index (χ3v) is 7.39. The van der Waals surface area contributed by atoms with Crippen LogP contribution in [0.4, 0.5) is 5.69 Å². The minimum absolute atomic E-state index is 0.0121. The molecular weight excluding hydrogens is 508 g/mol. The van der Waals surface area contributed by atoms with E-state index in [-0.39, 0.29) is 18.3 Å². The molecule has 1 aromatic heterocycles. The molecule has 3 aromatic carbocycles. The van der Waals surface area contributed by atoms with Crippen molar-refractivity contribution in [3.8, 4) is 28.4 Å². The van der Waals surface area contributed by atoms with Crippen molar-refractivity contribution in [1.29, 1.82) is 0 Å². The Morgan fingerprint density at radius 1 is 1.05 bits per heavy atom. The van der Waals surface area contributed by atoms with Crippen LogP contribution in [0.15, 0.2) is 64.1 Å². The lowest BCUT2D eigenvalue weighted by Gasteiger charge is -2.16. The lowest BCUT2D eigenvalue weighted by atomic mass is 9.91. The molecule has 3 heterocycles. The zero-order chi connectivity index (χ0) is 27.8. The van der Waals surface area contributed by atoms with Gasteiger partial charge in [0.1, 0.15) is 41.9 Å². The van der Waals surface area contributed by atoms with Gasteiger partial charge in [0.2, 0.25) is 0 Å². The van der Waals surface area contributed by atoms with E-state index in [9.17, 15) is 4.79 Å². The lowest BCUT2D eigenvalue weighted by molar-refractivity contribution is -0.137. The number of nitrogens with zero attached hydrogens (tertiary/aromatic N) is 2. The highest BCUT2D eigenvalue weighted by Crippen LogP contribution is 2.44. The van der Waals surface area contributed by atoms with E-state index >= 15 is 0 Å². The van der Waals surface area contributed by atoms with Crippen LogP contribution in [0.2, 0.25) is 0 Å². The number of aliphatic carboxylic acids is 1. The molecule has 1 unspecified atom stereocenters. The zero-order valence-electron chi connectivity index (χ0n) is 22.6. The molecule has 8 heteroatoms. The summed E-state index contributed by atoms with van der Waals surface area (Å²) in [4.78, 5) is 15.8. The van der Waals surface area contributed by atoms with Crippen LogP contribution in [-0.2, 0) is 11.4 Å². The summed E-state index contributed by atoms with van der Waals surface area (Å²) in [5.74, 6) is 2.20. The number of rotatable bonds is 8. The number of hydrogen-bond acceptors (Lipinski definition) is 7. The number of aryl methyl sites for hydroxylation is 3. The summed E-state index contributed by atoms with van der Waals surface area (Å²) in [6.07, 6.45) is 1.98. The monoisotopic (exact) mass is 538 g/mol. The number of benzene rings is 3. The molecule has 0 spiro atoms. The van der Waals surface area contributed by atoms with Crippen molar-refractivity contribution in [3.63, 3.8) is 0 Å². The van der Waals surface area contributed by atoms with Crippen LogP contribution in [0.1, 0.15) is 52.0 Å². The van der Waals surface area contributed by atoms with Crippen molar-refractivity contribution in [3.05, 3.63) is 88.3 Å². The van der Waals surface area contributed by atoms with E-state index in [4.69, 9.17) is 28.8 Å². The van der Waals surface area contributed by atoms with E-state index in [2.05, 4.69) is 37.2 Å². The summed E-state index contributed by atoms with van der Waals surface area (Å²) in [7, 11) is 0. The Labute approximate surface area is 232 Å². The van der Waals surface area contributed by atoms with Gasteiger partial charge in [-0.1, -0.05) is 29.4 Å². The number of hydrogen-bond donors (Lipinski definition) is 1. The van der Waals surface area contributed by atoms with E-state index in [1.807, 2.05) is 49.5 Å². The second-order valence-corrected chi connectivity index (χ2v) is 10.4. The van der Waals surface area contributed by atoms with Crippen LogP contribution in [-0.4, -0.2) is 35.7 Å². The number of carboxylic acids is 1. The minimum Gasteiger partial charge on any atom is -0.493 e. The van der Waals surface area contributed by atoms with Crippen molar-refractivity contribution in [2.45, 2.75) is 45.6 Å². The first-order valence-electron chi connectivity index (χ1n) is 13.3. The summed E-state index contributed by atoms with van der Waals surface area (Å²) in [5.41, 5.74) is 7.93. The van der Waals surface area contributed by atoms with Crippen molar-refractivity contribution >= 4 is 17.9 Å². The van der Waals surface area contributed by atoms with Crippen molar-refractivity contribution in [2.75, 3.05) is 13.2 Å². The fraction of sp³-hybridized carbons (Fsp3) is 0.281. The molecule has 4 aromatic rings. The van der Waals surface area contributed by atoms with E-state index in [0.717, 1.165) is 62.0 Å². The minimum atomic E-state index is -0.824. The Morgan fingerprint density at radius 2 is 1.88 bits per heavy atom. The highest BCUT2D eigenvalue weighted by atomic mass is 16.5. The molecule has 2 atom stereocenters. The van der Waals surface area contributed by atoms with E-state index < -0.39 is 5.97 Å². The third kappa shape index (κ3) is 5.04. The average molecular weight is 539 g/mol. The van der Waals surface area contributed by atoms with Crippen molar-refractivity contribution in [1.82, 2.24) is 5.16 Å². The van der Waals surface area contributed by atoms with Crippen molar-refractivity contribution < 1.29 is 28.6 Å². The van der Waals surface area contributed by atoms with Crippen LogP contribution in [0.3, 0.4) is 0 Å². The van der Waals surface area contributed by atoms with Gasteiger partial charge in [-0.3, -0.25) is 9.79 Å². The van der Waals surface area contributed by atoms with Gasteiger partial charge in [-0.15, -0.1) is 0 Å². The largest absolute Gasteiger partial charge is 0.493 e. The van der Waals surface area contributed by atoms with Crippen LogP contribution in [0, 0.1) is 20.8 Å². The van der Waals surface area contributed by atoms with Gasteiger partial charge < -0.3 is 23.8 Å². The fourth-order valence-electron chi connectivity index (χ4n) is 5.57. The maximum Gasteiger partial charge on any atom is 0.304 e. The molecule has 1 N–H and O–H groups in total. The fourth-order valence-corrected chi connectivity index (χ4v) is 5.57. The van der Waals surface area contributed by atoms with Gasteiger partial charge in [0.15, 0.2) is 0 Å². The molecule has 0 bridgehead atoms. The molecule has 0 saturated carbocycles.